The molecular weight excluding hydrogens is 578 g/mol. The summed E-state index contributed by atoms with van der Waals surface area (Å²) in [6.07, 6.45) is 1.90. The minimum absolute atomic E-state index is 0.0233. The minimum atomic E-state index is -0.617. The summed E-state index contributed by atoms with van der Waals surface area (Å²) in [5.41, 5.74) is 0.705. The number of thiophene rings is 2. The van der Waals surface area contributed by atoms with Crippen LogP contribution >= 0.6 is 22.7 Å². The van der Waals surface area contributed by atoms with Crippen LogP contribution in [-0.4, -0.2) is 61.5 Å². The number of unbranched alkanes of at least 4 members (excludes halogenated alkanes) is 1. The van der Waals surface area contributed by atoms with Crippen LogP contribution in [0.1, 0.15) is 54.0 Å². The van der Waals surface area contributed by atoms with Gasteiger partial charge >= 0.3 is 18.1 Å². The number of hydrogen-bond donors (Lipinski definition) is 1. The molecule has 2 atom stereocenters. The van der Waals surface area contributed by atoms with Gasteiger partial charge in [0, 0.05) is 16.8 Å². The van der Waals surface area contributed by atoms with Crippen molar-refractivity contribution < 1.29 is 33.3 Å². The number of fused-ring (bicyclic) bond motifs is 1. The Morgan fingerprint density at radius 3 is 2.33 bits per heavy atom. The van der Waals surface area contributed by atoms with Crippen LogP contribution in [0.3, 0.4) is 0 Å². The fourth-order valence-corrected chi connectivity index (χ4v) is 5.97. The largest absolute Gasteiger partial charge is 0.469 e. The molecule has 3 aromatic rings. The molecule has 10 nitrogen and oxygen atoms in total. The second kappa shape index (κ2) is 15.5. The molecule has 0 radical (unpaired) electrons. The summed E-state index contributed by atoms with van der Waals surface area (Å²) in [5.74, 6) is 0.709. The van der Waals surface area contributed by atoms with Crippen molar-refractivity contribution in [2.24, 2.45) is 0 Å². The molecule has 1 aliphatic rings. The first kappa shape index (κ1) is 31.2. The van der Waals surface area contributed by atoms with Gasteiger partial charge in [-0.25, -0.2) is 9.59 Å². The molecular formula is C30H37N3O7S2. The van der Waals surface area contributed by atoms with Crippen LogP contribution in [-0.2, 0) is 27.4 Å². The number of urea groups is 1. The zero-order valence-corrected chi connectivity index (χ0v) is 25.7. The Kier molecular flexibility index (Phi) is 11.5. The molecule has 0 spiro atoms. The SMILES string of the molecule is CCCCC(COC(=O)N(Cc1cccs1)Cc1cccs1)NC(=O)N(C)C(CC(=O)OC)c1ccc2c(c1)OCO2. The number of carbonyl (C=O) groups is 3. The number of ether oxygens (including phenoxy) is 4. The van der Waals surface area contributed by atoms with Gasteiger partial charge in [0.2, 0.25) is 6.79 Å². The van der Waals surface area contributed by atoms with E-state index in [0.29, 0.717) is 36.6 Å². The predicted molar refractivity (Wildman–Crippen MR) is 161 cm³/mol. The van der Waals surface area contributed by atoms with Crippen molar-refractivity contribution in [2.45, 2.75) is 57.8 Å². The van der Waals surface area contributed by atoms with Crippen LogP contribution in [0, 0.1) is 0 Å². The highest BCUT2D eigenvalue weighted by atomic mass is 32.1. The van der Waals surface area contributed by atoms with Crippen LogP contribution in [0.2, 0.25) is 0 Å². The number of hydrogen-bond acceptors (Lipinski definition) is 9. The third kappa shape index (κ3) is 8.62. The van der Waals surface area contributed by atoms with Crippen LogP contribution in [0.15, 0.2) is 53.2 Å². The van der Waals surface area contributed by atoms with Gasteiger partial charge in [0.1, 0.15) is 6.61 Å². The second-order valence-corrected chi connectivity index (χ2v) is 12.0. The maximum Gasteiger partial charge on any atom is 0.410 e. The highest BCUT2D eigenvalue weighted by Gasteiger charge is 2.29. The smallest absolute Gasteiger partial charge is 0.410 e. The number of nitrogens with zero attached hydrogens (tertiary/aromatic N) is 2. The Labute approximate surface area is 254 Å². The van der Waals surface area contributed by atoms with Gasteiger partial charge in [0.05, 0.1) is 38.7 Å². The molecule has 12 heteroatoms. The highest BCUT2D eigenvalue weighted by Crippen LogP contribution is 2.36. The number of methoxy groups -OCH3 is 1. The zero-order chi connectivity index (χ0) is 29.9. The molecule has 42 heavy (non-hydrogen) atoms. The summed E-state index contributed by atoms with van der Waals surface area (Å²) < 4.78 is 21.6. The van der Waals surface area contributed by atoms with Gasteiger partial charge in [0.25, 0.3) is 0 Å². The molecule has 0 saturated carbocycles. The molecule has 0 bridgehead atoms. The Morgan fingerprint density at radius 2 is 1.71 bits per heavy atom. The molecule has 226 valence electrons. The lowest BCUT2D eigenvalue weighted by Gasteiger charge is -2.30. The van der Waals surface area contributed by atoms with Gasteiger partial charge in [-0.15, -0.1) is 22.7 Å². The van der Waals surface area contributed by atoms with Crippen molar-refractivity contribution in [3.63, 3.8) is 0 Å². The van der Waals surface area contributed by atoms with Crippen LogP contribution < -0.4 is 14.8 Å². The lowest BCUT2D eigenvalue weighted by atomic mass is 10.0. The first-order chi connectivity index (χ1) is 20.4. The van der Waals surface area contributed by atoms with Gasteiger partial charge in [-0.1, -0.05) is 38.0 Å². The molecule has 0 fully saturated rings. The number of nitrogens with one attached hydrogen (secondary N) is 1. The predicted octanol–water partition coefficient (Wildman–Crippen LogP) is 6.18. The Bertz CT molecular complexity index is 1260. The van der Waals surface area contributed by atoms with E-state index >= 15 is 0 Å². The highest BCUT2D eigenvalue weighted by molar-refractivity contribution is 7.10. The Morgan fingerprint density at radius 1 is 1.02 bits per heavy atom. The van der Waals surface area contributed by atoms with Gasteiger partial charge < -0.3 is 29.2 Å². The van der Waals surface area contributed by atoms with E-state index < -0.39 is 30.2 Å². The number of benzene rings is 1. The first-order valence-corrected chi connectivity index (χ1v) is 15.6. The molecule has 0 saturated heterocycles. The molecule has 3 heterocycles. The Balaban J connectivity index is 1.43. The summed E-state index contributed by atoms with van der Waals surface area (Å²) in [7, 11) is 2.94. The summed E-state index contributed by atoms with van der Waals surface area (Å²) in [6.45, 7) is 3.08. The quantitative estimate of drug-likeness (QED) is 0.216. The second-order valence-electron chi connectivity index (χ2n) is 9.90. The fraction of sp³-hybridized carbons (Fsp3) is 0.433. The average Bonchev–Trinajstić information content (AvgIpc) is 3.79. The molecule has 2 unspecified atom stereocenters. The van der Waals surface area contributed by atoms with E-state index in [4.69, 9.17) is 18.9 Å². The lowest BCUT2D eigenvalue weighted by molar-refractivity contribution is -0.141. The van der Waals surface area contributed by atoms with Gasteiger partial charge in [-0.2, -0.15) is 0 Å². The summed E-state index contributed by atoms with van der Waals surface area (Å²) in [6, 6.07) is 11.8. The van der Waals surface area contributed by atoms with Gasteiger partial charge in [-0.05, 0) is 47.0 Å². The number of rotatable bonds is 14. The number of carbonyl (C=O) groups excluding carboxylic acids is 3. The standard InChI is InChI=1S/C30H37N3O7S2/c1-4-5-8-22(19-38-30(36)33(17-23-9-6-13-41-23)18-24-10-7-14-42-24)31-29(35)32(2)25(16-28(34)37-3)21-11-12-26-27(15-21)40-20-39-26/h6-7,9-15,22,25H,4-5,8,16-20H2,1-3H3,(H,31,35). The monoisotopic (exact) mass is 615 g/mol. The third-order valence-electron chi connectivity index (χ3n) is 6.91. The maximum absolute atomic E-state index is 13.5. The Hall–Kier alpha value is -3.77. The maximum atomic E-state index is 13.5. The first-order valence-electron chi connectivity index (χ1n) is 13.8. The molecule has 1 aliphatic heterocycles. The van der Waals surface area contributed by atoms with Crippen LogP contribution in [0.25, 0.3) is 0 Å². The molecule has 4 rings (SSSR count). The van der Waals surface area contributed by atoms with Gasteiger partial charge in [0.15, 0.2) is 11.5 Å². The average molecular weight is 616 g/mol. The zero-order valence-electron chi connectivity index (χ0n) is 24.1. The fourth-order valence-electron chi connectivity index (χ4n) is 4.54. The van der Waals surface area contributed by atoms with E-state index in [1.165, 1.54) is 12.0 Å². The molecule has 3 amide bonds. The van der Waals surface area contributed by atoms with Crippen molar-refractivity contribution in [1.29, 1.82) is 0 Å². The summed E-state index contributed by atoms with van der Waals surface area (Å²) >= 11 is 3.17. The summed E-state index contributed by atoms with van der Waals surface area (Å²) in [4.78, 5) is 44.3. The lowest BCUT2D eigenvalue weighted by Crippen LogP contribution is -2.47. The summed E-state index contributed by atoms with van der Waals surface area (Å²) in [5, 5.41) is 6.98. The third-order valence-corrected chi connectivity index (χ3v) is 8.63. The van der Waals surface area contributed by atoms with Crippen LogP contribution in [0.4, 0.5) is 9.59 Å². The van der Waals surface area contributed by atoms with E-state index in [-0.39, 0.29) is 19.8 Å². The molecule has 1 N–H and O–H groups in total. The van der Waals surface area contributed by atoms with Crippen molar-refractivity contribution >= 4 is 40.8 Å². The van der Waals surface area contributed by atoms with E-state index in [9.17, 15) is 14.4 Å². The van der Waals surface area contributed by atoms with E-state index in [0.717, 1.165) is 22.6 Å². The van der Waals surface area contributed by atoms with E-state index in [1.54, 1.807) is 52.8 Å². The van der Waals surface area contributed by atoms with Gasteiger partial charge in [-0.3, -0.25) is 9.69 Å². The van der Waals surface area contributed by atoms with Crippen molar-refractivity contribution in [1.82, 2.24) is 15.1 Å². The van der Waals surface area contributed by atoms with Crippen LogP contribution in [0.5, 0.6) is 11.5 Å². The minimum Gasteiger partial charge on any atom is -0.469 e. The van der Waals surface area contributed by atoms with Crippen molar-refractivity contribution in [3.05, 3.63) is 68.5 Å². The molecule has 0 aliphatic carbocycles. The topological polar surface area (TPSA) is 107 Å². The van der Waals surface area contributed by atoms with Crippen molar-refractivity contribution in [3.8, 4) is 11.5 Å². The van der Waals surface area contributed by atoms with E-state index in [1.807, 2.05) is 35.0 Å². The van der Waals surface area contributed by atoms with E-state index in [2.05, 4.69) is 12.2 Å². The normalized spacial score (nSPS) is 13.2. The number of amides is 3. The molecule has 2 aromatic heterocycles. The molecule has 1 aromatic carbocycles. The number of esters is 1. The van der Waals surface area contributed by atoms with Crippen molar-refractivity contribution in [2.75, 3.05) is 27.6 Å².